The summed E-state index contributed by atoms with van der Waals surface area (Å²) in [6.07, 6.45) is 0. The molecule has 0 bridgehead atoms. The molecule has 0 aromatic heterocycles. The van der Waals surface area contributed by atoms with Gasteiger partial charge in [0, 0.05) is 6.54 Å². The van der Waals surface area contributed by atoms with Crippen LogP contribution in [0.25, 0.3) is 0 Å². The molecule has 6 heteroatoms. The summed E-state index contributed by atoms with van der Waals surface area (Å²) in [5.41, 5.74) is 0. The zero-order valence-corrected chi connectivity index (χ0v) is 8.23. The van der Waals surface area contributed by atoms with Crippen LogP contribution in [0.2, 0.25) is 0 Å². The lowest BCUT2D eigenvalue weighted by molar-refractivity contribution is -0.137. The van der Waals surface area contributed by atoms with Crippen molar-refractivity contribution >= 4 is 23.6 Å². The quantitative estimate of drug-likeness (QED) is 0.546. The van der Waals surface area contributed by atoms with Gasteiger partial charge in [-0.05, 0) is 0 Å². The normalized spacial score (nSPS) is 9.38. The fourth-order valence-corrected chi connectivity index (χ4v) is 1.21. The minimum atomic E-state index is -0.347. The van der Waals surface area contributed by atoms with E-state index in [1.165, 1.54) is 18.9 Å². The van der Waals surface area contributed by atoms with Crippen molar-refractivity contribution in [2.75, 3.05) is 31.8 Å². The molecule has 0 unspecified atom stereocenters. The van der Waals surface area contributed by atoms with E-state index in [0.717, 1.165) is 0 Å². The van der Waals surface area contributed by atoms with Crippen molar-refractivity contribution in [2.24, 2.45) is 0 Å². The molecule has 0 radical (unpaired) electrons. The maximum absolute atomic E-state index is 10.9. The Labute approximate surface area is 80.8 Å². The number of carbonyl (C=O) groups excluding carboxylic acids is 2. The van der Waals surface area contributed by atoms with Crippen LogP contribution in [0.5, 0.6) is 0 Å². The summed E-state index contributed by atoms with van der Waals surface area (Å²) in [5.74, 6) is -0.166. The molecule has 0 saturated heterocycles. The molecule has 13 heavy (non-hydrogen) atoms. The number of hydrogen-bond acceptors (Lipinski definition) is 5. The maximum atomic E-state index is 10.9. The molecule has 0 aliphatic carbocycles. The summed E-state index contributed by atoms with van der Waals surface area (Å²) in [6, 6.07) is 0. The van der Waals surface area contributed by atoms with Gasteiger partial charge in [0.1, 0.15) is 0 Å². The highest BCUT2D eigenvalue weighted by Crippen LogP contribution is 1.99. The monoisotopic (exact) mass is 207 g/mol. The van der Waals surface area contributed by atoms with Crippen molar-refractivity contribution in [1.29, 1.82) is 0 Å². The Morgan fingerprint density at radius 3 is 2.69 bits per heavy atom. The van der Waals surface area contributed by atoms with Gasteiger partial charge in [0.15, 0.2) is 0 Å². The second-order valence-electron chi connectivity index (χ2n) is 2.14. The van der Waals surface area contributed by atoms with Gasteiger partial charge in [-0.2, -0.15) is 0 Å². The topological polar surface area (TPSA) is 75.6 Å². The number of thioether (sulfide) groups is 1. The SMILES string of the molecule is COC(=O)CSCC(=O)NCCO. The Balaban J connectivity index is 3.31. The predicted octanol–water partition coefficient (Wildman–Crippen LogP) is -0.999. The summed E-state index contributed by atoms with van der Waals surface area (Å²) < 4.78 is 4.38. The average Bonchev–Trinajstić information content (AvgIpc) is 2.14. The van der Waals surface area contributed by atoms with Gasteiger partial charge in [-0.15, -0.1) is 11.8 Å². The van der Waals surface area contributed by atoms with Crippen LogP contribution >= 0.6 is 11.8 Å². The van der Waals surface area contributed by atoms with Gasteiger partial charge in [-0.25, -0.2) is 0 Å². The van der Waals surface area contributed by atoms with E-state index in [-0.39, 0.29) is 36.5 Å². The summed E-state index contributed by atoms with van der Waals surface area (Å²) in [5, 5.41) is 10.8. The van der Waals surface area contributed by atoms with Gasteiger partial charge in [0.25, 0.3) is 0 Å². The molecule has 0 aromatic carbocycles. The zero-order valence-electron chi connectivity index (χ0n) is 7.41. The van der Waals surface area contributed by atoms with Gasteiger partial charge in [0.05, 0.1) is 25.2 Å². The number of methoxy groups -OCH3 is 1. The van der Waals surface area contributed by atoms with Crippen molar-refractivity contribution in [2.45, 2.75) is 0 Å². The van der Waals surface area contributed by atoms with Gasteiger partial charge in [0.2, 0.25) is 5.91 Å². The highest BCUT2D eigenvalue weighted by Gasteiger charge is 2.03. The zero-order chi connectivity index (χ0) is 10.1. The molecule has 0 aliphatic rings. The predicted molar refractivity (Wildman–Crippen MR) is 49.4 cm³/mol. The molecular formula is C7H13NO4S. The largest absolute Gasteiger partial charge is 0.468 e. The number of rotatable bonds is 6. The Morgan fingerprint density at radius 1 is 1.46 bits per heavy atom. The number of hydrogen-bond donors (Lipinski definition) is 2. The van der Waals surface area contributed by atoms with Crippen LogP contribution in [0.4, 0.5) is 0 Å². The van der Waals surface area contributed by atoms with Gasteiger partial charge >= 0.3 is 5.97 Å². The van der Waals surface area contributed by atoms with Crippen molar-refractivity contribution in [3.05, 3.63) is 0 Å². The summed E-state index contributed by atoms with van der Waals surface area (Å²) >= 11 is 1.18. The number of nitrogens with one attached hydrogen (secondary N) is 1. The van der Waals surface area contributed by atoms with Crippen molar-refractivity contribution in [3.63, 3.8) is 0 Å². The molecule has 0 atom stereocenters. The summed E-state index contributed by atoms with van der Waals surface area (Å²) in [6.45, 7) is 0.172. The molecule has 76 valence electrons. The van der Waals surface area contributed by atoms with E-state index in [1.807, 2.05) is 0 Å². The highest BCUT2D eigenvalue weighted by atomic mass is 32.2. The Kier molecular flexibility index (Phi) is 7.42. The molecule has 0 aromatic rings. The number of esters is 1. The molecule has 0 saturated carbocycles. The average molecular weight is 207 g/mol. The molecule has 0 spiro atoms. The number of amides is 1. The van der Waals surface area contributed by atoms with Crippen LogP contribution in [0.1, 0.15) is 0 Å². The van der Waals surface area contributed by atoms with Crippen molar-refractivity contribution < 1.29 is 19.4 Å². The standard InChI is InChI=1S/C7H13NO4S/c1-12-7(11)5-13-4-6(10)8-2-3-9/h9H,2-5H2,1H3,(H,8,10). The number of aliphatic hydroxyl groups excluding tert-OH is 1. The van der Waals surface area contributed by atoms with Crippen LogP contribution < -0.4 is 5.32 Å². The minimum absolute atomic E-state index is 0.0760. The first-order chi connectivity index (χ1) is 6.20. The van der Waals surface area contributed by atoms with E-state index >= 15 is 0 Å². The second kappa shape index (κ2) is 7.88. The van der Waals surface area contributed by atoms with E-state index in [4.69, 9.17) is 5.11 Å². The third-order valence-corrected chi connectivity index (χ3v) is 2.02. The smallest absolute Gasteiger partial charge is 0.315 e. The van der Waals surface area contributed by atoms with E-state index in [2.05, 4.69) is 10.1 Å². The number of aliphatic hydroxyl groups is 1. The van der Waals surface area contributed by atoms with Crippen LogP contribution in [-0.4, -0.2) is 48.8 Å². The van der Waals surface area contributed by atoms with Crippen molar-refractivity contribution in [1.82, 2.24) is 5.32 Å². The highest BCUT2D eigenvalue weighted by molar-refractivity contribution is 8.00. The van der Waals surface area contributed by atoms with E-state index in [0.29, 0.717) is 0 Å². The molecule has 5 nitrogen and oxygen atoms in total. The lowest BCUT2D eigenvalue weighted by Gasteiger charge is -2.01. The van der Waals surface area contributed by atoms with E-state index in [9.17, 15) is 9.59 Å². The van der Waals surface area contributed by atoms with Gasteiger partial charge in [-0.3, -0.25) is 9.59 Å². The van der Waals surface area contributed by atoms with Crippen LogP contribution in [0, 0.1) is 0 Å². The van der Waals surface area contributed by atoms with Gasteiger partial charge < -0.3 is 15.2 Å². The number of ether oxygens (including phenoxy) is 1. The first-order valence-electron chi connectivity index (χ1n) is 3.72. The Morgan fingerprint density at radius 2 is 2.15 bits per heavy atom. The van der Waals surface area contributed by atoms with Crippen molar-refractivity contribution in [3.8, 4) is 0 Å². The molecule has 0 heterocycles. The van der Waals surface area contributed by atoms with Gasteiger partial charge in [-0.1, -0.05) is 0 Å². The first kappa shape index (κ1) is 12.2. The van der Waals surface area contributed by atoms with Crippen LogP contribution in [0.15, 0.2) is 0 Å². The molecule has 0 aliphatic heterocycles. The number of carbonyl (C=O) groups is 2. The molecule has 2 N–H and O–H groups in total. The third-order valence-electron chi connectivity index (χ3n) is 1.11. The van der Waals surface area contributed by atoms with E-state index < -0.39 is 0 Å². The van der Waals surface area contributed by atoms with Crippen LogP contribution in [0.3, 0.4) is 0 Å². The first-order valence-corrected chi connectivity index (χ1v) is 4.88. The Hall–Kier alpha value is -0.750. The fraction of sp³-hybridized carbons (Fsp3) is 0.714. The molecular weight excluding hydrogens is 194 g/mol. The molecule has 0 fully saturated rings. The maximum Gasteiger partial charge on any atom is 0.315 e. The summed E-state index contributed by atoms with van der Waals surface area (Å²) in [7, 11) is 1.30. The summed E-state index contributed by atoms with van der Waals surface area (Å²) in [4.78, 5) is 21.5. The lowest BCUT2D eigenvalue weighted by atomic mass is 10.6. The lowest BCUT2D eigenvalue weighted by Crippen LogP contribution is -2.28. The fourth-order valence-electron chi connectivity index (χ4n) is 0.532. The second-order valence-corrected chi connectivity index (χ2v) is 3.13. The molecule has 0 rings (SSSR count). The third kappa shape index (κ3) is 7.61. The molecule has 1 amide bonds. The van der Waals surface area contributed by atoms with E-state index in [1.54, 1.807) is 0 Å². The minimum Gasteiger partial charge on any atom is -0.468 e. The Bertz CT molecular complexity index is 174. The van der Waals surface area contributed by atoms with Crippen LogP contribution in [-0.2, 0) is 14.3 Å².